The van der Waals surface area contributed by atoms with Crippen LogP contribution in [0.1, 0.15) is 18.4 Å². The van der Waals surface area contributed by atoms with Crippen LogP contribution in [0.15, 0.2) is 76.0 Å². The summed E-state index contributed by atoms with van der Waals surface area (Å²) in [5.41, 5.74) is 1.88. The number of sulfonamides is 1. The van der Waals surface area contributed by atoms with Crippen molar-refractivity contribution < 1.29 is 16.8 Å². The number of rotatable bonds is 4. The molecule has 5 nitrogen and oxygen atoms in total. The molecule has 1 heterocycles. The van der Waals surface area contributed by atoms with E-state index in [1.165, 1.54) is 4.31 Å². The van der Waals surface area contributed by atoms with Gasteiger partial charge in [-0.1, -0.05) is 47.5 Å². The highest BCUT2D eigenvalue weighted by atomic mass is 32.2. The summed E-state index contributed by atoms with van der Waals surface area (Å²) < 4.78 is 53.9. The molecule has 0 saturated heterocycles. The van der Waals surface area contributed by atoms with Gasteiger partial charge in [0.05, 0.1) is 21.1 Å². The van der Waals surface area contributed by atoms with E-state index in [-0.39, 0.29) is 9.79 Å². The monoisotopic (exact) mass is 403 g/mol. The molecule has 0 bridgehead atoms. The summed E-state index contributed by atoms with van der Waals surface area (Å²) in [6.45, 7) is 2.19. The molecule has 7 heteroatoms. The molecule has 0 aromatic heterocycles. The summed E-state index contributed by atoms with van der Waals surface area (Å²) in [5, 5.41) is -0.744. The first kappa shape index (κ1) is 18.4. The number of hydrogen-bond donors (Lipinski definition) is 0. The van der Waals surface area contributed by atoms with Gasteiger partial charge >= 0.3 is 0 Å². The van der Waals surface area contributed by atoms with Gasteiger partial charge in [-0.25, -0.2) is 16.8 Å². The smallest absolute Gasteiger partial charge is 0.223 e. The Bertz CT molecular complexity index is 1090. The number of nitrogens with zero attached hydrogens (tertiary/aromatic N) is 1. The Morgan fingerprint density at radius 2 is 1.56 bits per heavy atom. The van der Waals surface area contributed by atoms with E-state index < -0.39 is 31.2 Å². The van der Waals surface area contributed by atoms with E-state index in [9.17, 15) is 16.8 Å². The van der Waals surface area contributed by atoms with E-state index in [1.807, 2.05) is 13.0 Å². The number of fused-ring (bicyclic) bond motifs is 1. The van der Waals surface area contributed by atoms with Crippen molar-refractivity contribution in [3.63, 3.8) is 0 Å². The molecule has 1 aliphatic carbocycles. The summed E-state index contributed by atoms with van der Waals surface area (Å²) in [4.78, 5) is 0.449. The average Bonchev–Trinajstić information content (AvgIpc) is 2.63. The van der Waals surface area contributed by atoms with Crippen molar-refractivity contribution in [1.82, 2.24) is 4.31 Å². The Hall–Kier alpha value is -1.96. The highest BCUT2D eigenvalue weighted by molar-refractivity contribution is 7.92. The van der Waals surface area contributed by atoms with Gasteiger partial charge in [-0.15, -0.1) is 0 Å². The number of hydrogen-bond acceptors (Lipinski definition) is 4. The lowest BCUT2D eigenvalue weighted by Crippen LogP contribution is -2.59. The van der Waals surface area contributed by atoms with Gasteiger partial charge in [0, 0.05) is 6.54 Å². The van der Waals surface area contributed by atoms with Gasteiger partial charge in [-0.05, 0) is 44.0 Å². The normalized spacial score (nSPS) is 23.2. The standard InChI is InChI=1S/C20H21NO4S2/c1-15-9-11-18(12-10-15)27(24,25)21-13-5-6-16-14-19(20(16)21)26(22,23)17-7-3-2-4-8-17/h2-4,6-12,19-20H,5,13-14H2,1H3/t19-,20+/m0/s1. The molecule has 0 radical (unpaired) electrons. The molecule has 2 aliphatic rings. The number of aryl methyl sites for hydroxylation is 1. The second-order valence-electron chi connectivity index (χ2n) is 7.04. The van der Waals surface area contributed by atoms with Crippen molar-refractivity contribution in [2.24, 2.45) is 0 Å². The molecular weight excluding hydrogens is 382 g/mol. The average molecular weight is 404 g/mol. The summed E-state index contributed by atoms with van der Waals surface area (Å²) in [7, 11) is -7.36. The van der Waals surface area contributed by atoms with E-state index in [0.29, 0.717) is 19.4 Å². The fourth-order valence-corrected chi connectivity index (χ4v) is 7.53. The highest BCUT2D eigenvalue weighted by Crippen LogP contribution is 2.43. The van der Waals surface area contributed by atoms with Gasteiger partial charge in [0.1, 0.15) is 0 Å². The molecule has 1 saturated carbocycles. The van der Waals surface area contributed by atoms with Crippen LogP contribution >= 0.6 is 0 Å². The van der Waals surface area contributed by atoms with Crippen molar-refractivity contribution in [1.29, 1.82) is 0 Å². The lowest BCUT2D eigenvalue weighted by atomic mass is 9.82. The van der Waals surface area contributed by atoms with Crippen molar-refractivity contribution in [3.8, 4) is 0 Å². The van der Waals surface area contributed by atoms with Gasteiger partial charge in [0.25, 0.3) is 0 Å². The molecule has 2 aromatic carbocycles. The van der Waals surface area contributed by atoms with Crippen LogP contribution in [0, 0.1) is 6.92 Å². The third kappa shape index (κ3) is 3.03. The van der Waals surface area contributed by atoms with Crippen LogP contribution < -0.4 is 0 Å². The SMILES string of the molecule is Cc1ccc(S(=O)(=O)N2CCC=C3C[C@H](S(=O)(=O)c4ccccc4)[C@@H]32)cc1. The lowest BCUT2D eigenvalue weighted by molar-refractivity contribution is 0.276. The Morgan fingerprint density at radius 1 is 0.889 bits per heavy atom. The third-order valence-corrected chi connectivity index (χ3v) is 9.38. The van der Waals surface area contributed by atoms with Gasteiger partial charge in [-0.2, -0.15) is 4.31 Å². The minimum atomic E-state index is -3.76. The Kier molecular flexibility index (Phi) is 4.49. The molecular formula is C20H21NO4S2. The molecule has 2 atom stereocenters. The quantitative estimate of drug-likeness (QED) is 0.736. The van der Waals surface area contributed by atoms with Crippen LogP contribution in [0.5, 0.6) is 0 Å². The van der Waals surface area contributed by atoms with Gasteiger partial charge in [-0.3, -0.25) is 0 Å². The summed E-state index contributed by atoms with van der Waals surface area (Å²) in [6, 6.07) is 14.3. The van der Waals surface area contributed by atoms with Gasteiger partial charge in [0.2, 0.25) is 10.0 Å². The van der Waals surface area contributed by atoms with Crippen molar-refractivity contribution >= 4 is 19.9 Å². The fourth-order valence-electron chi connectivity index (χ4n) is 3.81. The topological polar surface area (TPSA) is 71.5 Å². The Morgan fingerprint density at radius 3 is 2.22 bits per heavy atom. The molecule has 27 heavy (non-hydrogen) atoms. The van der Waals surface area contributed by atoms with Crippen molar-refractivity contribution in [3.05, 3.63) is 71.8 Å². The predicted molar refractivity (Wildman–Crippen MR) is 104 cm³/mol. The molecule has 0 unspecified atom stereocenters. The maximum absolute atomic E-state index is 13.2. The van der Waals surface area contributed by atoms with Gasteiger partial charge < -0.3 is 0 Å². The van der Waals surface area contributed by atoms with Crippen molar-refractivity contribution in [2.45, 2.75) is 40.8 Å². The first-order valence-electron chi connectivity index (χ1n) is 8.88. The molecule has 4 rings (SSSR count). The van der Waals surface area contributed by atoms with Crippen molar-refractivity contribution in [2.75, 3.05) is 6.54 Å². The van der Waals surface area contributed by atoms with E-state index in [0.717, 1.165) is 11.1 Å². The minimum absolute atomic E-state index is 0.206. The van der Waals surface area contributed by atoms with Crippen LogP contribution in [0.3, 0.4) is 0 Å². The molecule has 2 aromatic rings. The molecule has 1 fully saturated rings. The minimum Gasteiger partial charge on any atom is -0.223 e. The Balaban J connectivity index is 1.71. The number of benzene rings is 2. The zero-order valence-electron chi connectivity index (χ0n) is 14.9. The molecule has 0 amide bonds. The van der Waals surface area contributed by atoms with Crippen LogP contribution in [-0.4, -0.2) is 39.0 Å². The Labute approximate surface area is 160 Å². The van der Waals surface area contributed by atoms with Crippen LogP contribution in [-0.2, 0) is 19.9 Å². The molecule has 1 aliphatic heterocycles. The second kappa shape index (κ2) is 6.58. The van der Waals surface area contributed by atoms with Crippen LogP contribution in [0.4, 0.5) is 0 Å². The van der Waals surface area contributed by atoms with E-state index in [1.54, 1.807) is 54.6 Å². The second-order valence-corrected chi connectivity index (χ2v) is 11.1. The van der Waals surface area contributed by atoms with Crippen LogP contribution in [0.2, 0.25) is 0 Å². The summed E-state index contributed by atoms with van der Waals surface area (Å²) in [6.07, 6.45) is 2.99. The summed E-state index contributed by atoms with van der Waals surface area (Å²) in [5.74, 6) is 0. The molecule has 142 valence electrons. The van der Waals surface area contributed by atoms with E-state index >= 15 is 0 Å². The van der Waals surface area contributed by atoms with Gasteiger partial charge in [0.15, 0.2) is 9.84 Å². The van der Waals surface area contributed by atoms with Crippen LogP contribution in [0.25, 0.3) is 0 Å². The summed E-state index contributed by atoms with van der Waals surface area (Å²) >= 11 is 0. The predicted octanol–water partition coefficient (Wildman–Crippen LogP) is 2.93. The number of sulfone groups is 1. The maximum Gasteiger partial charge on any atom is 0.243 e. The zero-order chi connectivity index (χ0) is 19.2. The molecule has 0 N–H and O–H groups in total. The van der Waals surface area contributed by atoms with E-state index in [2.05, 4.69) is 0 Å². The zero-order valence-corrected chi connectivity index (χ0v) is 16.6. The fraction of sp³-hybridized carbons (Fsp3) is 0.300. The lowest BCUT2D eigenvalue weighted by Gasteiger charge is -2.47. The highest BCUT2D eigenvalue weighted by Gasteiger charge is 2.52. The maximum atomic E-state index is 13.2. The third-order valence-electron chi connectivity index (χ3n) is 5.33. The first-order chi connectivity index (χ1) is 12.8. The first-order valence-corrected chi connectivity index (χ1v) is 11.9. The van der Waals surface area contributed by atoms with E-state index in [4.69, 9.17) is 0 Å². The largest absolute Gasteiger partial charge is 0.243 e. The molecule has 0 spiro atoms.